The lowest BCUT2D eigenvalue weighted by atomic mass is 9.75. The molecule has 0 fully saturated rings. The Morgan fingerprint density at radius 2 is 0.450 bits per heavy atom. The summed E-state index contributed by atoms with van der Waals surface area (Å²) in [5, 5.41) is 0. The number of hydrogen-bond acceptors (Lipinski definition) is 0. The summed E-state index contributed by atoms with van der Waals surface area (Å²) in [7, 11) is 0. The quantitative estimate of drug-likeness (QED) is 0.0698. The van der Waals surface area contributed by atoms with E-state index in [0.29, 0.717) is 5.41 Å². The second-order valence-corrected chi connectivity index (χ2v) is 14.9. The molecule has 0 aromatic carbocycles. The van der Waals surface area contributed by atoms with Crippen molar-refractivity contribution in [3.05, 3.63) is 0 Å². The van der Waals surface area contributed by atoms with Gasteiger partial charge in [0.25, 0.3) is 0 Å². The smallest absolute Gasteiger partial charge is 0.0354 e. The normalized spacial score (nSPS) is 12.8. The highest BCUT2D eigenvalue weighted by Crippen LogP contribution is 2.34. The highest BCUT2D eigenvalue weighted by molar-refractivity contribution is 4.74. The van der Waals surface area contributed by atoms with E-state index in [1.165, 1.54) is 212 Å². The van der Waals surface area contributed by atoms with Gasteiger partial charge in [-0.1, -0.05) is 234 Å². The minimum atomic E-state index is 0.492. The van der Waals surface area contributed by atoms with Gasteiger partial charge in [0, 0.05) is 0 Å². The van der Waals surface area contributed by atoms with E-state index in [9.17, 15) is 0 Å². The zero-order chi connectivity index (χ0) is 29.4. The second kappa shape index (κ2) is 31.9. The van der Waals surface area contributed by atoms with E-state index in [2.05, 4.69) is 34.6 Å². The fraction of sp³-hybridized carbons (Fsp3) is 1.00. The first-order chi connectivity index (χ1) is 19.5. The molecule has 0 aliphatic rings. The maximum absolute atomic E-state index is 2.50. The molecule has 0 aliphatic carbocycles. The molecule has 0 saturated carbocycles. The van der Waals surface area contributed by atoms with Crippen LogP contribution in [0, 0.1) is 11.3 Å². The van der Waals surface area contributed by atoms with Gasteiger partial charge < -0.3 is 0 Å². The summed E-state index contributed by atoms with van der Waals surface area (Å²) < 4.78 is 0. The predicted octanol–water partition coefficient (Wildman–Crippen LogP) is 15.6. The zero-order valence-electron chi connectivity index (χ0n) is 29.4. The molecule has 0 heteroatoms. The Kier molecular flexibility index (Phi) is 31.9. The molecule has 0 nitrogen and oxygen atoms in total. The molecule has 40 heavy (non-hydrogen) atoms. The van der Waals surface area contributed by atoms with E-state index in [1.807, 2.05) is 0 Å². The van der Waals surface area contributed by atoms with E-state index in [1.54, 1.807) is 0 Å². The van der Waals surface area contributed by atoms with Gasteiger partial charge in [0.15, 0.2) is 0 Å². The Morgan fingerprint density at radius 1 is 0.275 bits per heavy atom. The largest absolute Gasteiger partial charge is 0.0654 e. The summed E-state index contributed by atoms with van der Waals surface area (Å²) >= 11 is 0. The van der Waals surface area contributed by atoms with Gasteiger partial charge in [-0.05, 0) is 24.2 Å². The van der Waals surface area contributed by atoms with Crippen LogP contribution in [0.2, 0.25) is 0 Å². The lowest BCUT2D eigenvalue weighted by Crippen LogP contribution is -2.20. The lowest BCUT2D eigenvalue weighted by molar-refractivity contribution is 0.201. The van der Waals surface area contributed by atoms with Crippen molar-refractivity contribution in [2.75, 3.05) is 0 Å². The molecule has 1 unspecified atom stereocenters. The first-order valence-electron chi connectivity index (χ1n) is 19.5. The molecule has 0 aromatic heterocycles. The number of hydrogen-bond donors (Lipinski definition) is 0. The topological polar surface area (TPSA) is 0 Å². The van der Waals surface area contributed by atoms with Crippen LogP contribution in [-0.2, 0) is 0 Å². The van der Waals surface area contributed by atoms with Gasteiger partial charge >= 0.3 is 0 Å². The molecule has 0 aliphatic heterocycles. The summed E-state index contributed by atoms with van der Waals surface area (Å²) in [6.07, 6.45) is 48.6. The van der Waals surface area contributed by atoms with Crippen molar-refractivity contribution < 1.29 is 0 Å². The SMILES string of the molecule is CCCCCCCCCCCCCCCCCCC(CCCCCCCCCCCCCCCCC)C(C)(C)C. The fourth-order valence-corrected chi connectivity index (χ4v) is 6.71. The molecule has 0 heterocycles. The van der Waals surface area contributed by atoms with Crippen molar-refractivity contribution in [3.8, 4) is 0 Å². The van der Waals surface area contributed by atoms with E-state index >= 15 is 0 Å². The summed E-state index contributed by atoms with van der Waals surface area (Å²) in [5.41, 5.74) is 0.492. The fourth-order valence-electron chi connectivity index (χ4n) is 6.71. The molecule has 0 bridgehead atoms. The zero-order valence-corrected chi connectivity index (χ0v) is 29.4. The molecule has 242 valence electrons. The molecule has 1 atom stereocenters. The first-order valence-corrected chi connectivity index (χ1v) is 19.5. The molecule has 0 rings (SSSR count). The summed E-state index contributed by atoms with van der Waals surface area (Å²) in [6, 6.07) is 0. The van der Waals surface area contributed by atoms with Gasteiger partial charge in [0.2, 0.25) is 0 Å². The van der Waals surface area contributed by atoms with Crippen LogP contribution in [0.1, 0.15) is 247 Å². The highest BCUT2D eigenvalue weighted by atomic mass is 14.3. The van der Waals surface area contributed by atoms with Crippen LogP contribution in [0.5, 0.6) is 0 Å². The van der Waals surface area contributed by atoms with Crippen molar-refractivity contribution in [3.63, 3.8) is 0 Å². The Hall–Kier alpha value is 0. The van der Waals surface area contributed by atoms with Crippen molar-refractivity contribution in [2.24, 2.45) is 11.3 Å². The van der Waals surface area contributed by atoms with Gasteiger partial charge in [-0.25, -0.2) is 0 Å². The molecular formula is C40H82. The van der Waals surface area contributed by atoms with E-state index < -0.39 is 0 Å². The third-order valence-corrected chi connectivity index (χ3v) is 9.79. The first kappa shape index (κ1) is 40.0. The summed E-state index contributed by atoms with van der Waals surface area (Å²) in [6.45, 7) is 12.1. The molecule has 0 N–H and O–H groups in total. The van der Waals surface area contributed by atoms with Gasteiger partial charge in [-0.2, -0.15) is 0 Å². The van der Waals surface area contributed by atoms with Crippen molar-refractivity contribution in [2.45, 2.75) is 247 Å². The Labute approximate surface area is 257 Å². The molecule has 0 radical (unpaired) electrons. The van der Waals surface area contributed by atoms with Crippen LogP contribution in [0.25, 0.3) is 0 Å². The van der Waals surface area contributed by atoms with Crippen LogP contribution in [0.4, 0.5) is 0 Å². The summed E-state index contributed by atoms with van der Waals surface area (Å²) in [4.78, 5) is 0. The van der Waals surface area contributed by atoms with E-state index in [-0.39, 0.29) is 0 Å². The Balaban J connectivity index is 3.49. The molecule has 0 spiro atoms. The standard InChI is InChI=1S/C40H82/c1-6-8-10-12-14-16-18-20-22-24-26-28-30-32-34-36-38-39(40(3,4)5)37-35-33-31-29-27-25-23-21-19-17-15-13-11-9-7-2/h39H,6-38H2,1-5H3. The van der Waals surface area contributed by atoms with Crippen molar-refractivity contribution >= 4 is 0 Å². The predicted molar refractivity (Wildman–Crippen MR) is 187 cm³/mol. The average molecular weight is 563 g/mol. The third-order valence-electron chi connectivity index (χ3n) is 9.79. The van der Waals surface area contributed by atoms with Crippen molar-refractivity contribution in [1.82, 2.24) is 0 Å². The molecule has 0 aromatic rings. The van der Waals surface area contributed by atoms with Crippen LogP contribution in [-0.4, -0.2) is 0 Å². The van der Waals surface area contributed by atoms with Gasteiger partial charge in [-0.15, -0.1) is 0 Å². The van der Waals surface area contributed by atoms with Gasteiger partial charge in [0.05, 0.1) is 0 Å². The number of unbranched alkanes of at least 4 members (excludes halogenated alkanes) is 29. The molecule has 0 amide bonds. The Bertz CT molecular complexity index is 443. The second-order valence-electron chi connectivity index (χ2n) is 14.9. The monoisotopic (exact) mass is 563 g/mol. The highest BCUT2D eigenvalue weighted by Gasteiger charge is 2.23. The van der Waals surface area contributed by atoms with Crippen LogP contribution < -0.4 is 0 Å². The summed E-state index contributed by atoms with van der Waals surface area (Å²) in [5.74, 6) is 0.932. The molecule has 0 saturated heterocycles. The maximum atomic E-state index is 2.50. The van der Waals surface area contributed by atoms with Gasteiger partial charge in [-0.3, -0.25) is 0 Å². The minimum absolute atomic E-state index is 0.492. The average Bonchev–Trinajstić information content (AvgIpc) is 2.93. The minimum Gasteiger partial charge on any atom is -0.0654 e. The maximum Gasteiger partial charge on any atom is -0.0354 e. The number of rotatable bonds is 33. The third kappa shape index (κ3) is 30.9. The van der Waals surface area contributed by atoms with Crippen LogP contribution in [0.15, 0.2) is 0 Å². The lowest BCUT2D eigenvalue weighted by Gasteiger charge is -2.31. The van der Waals surface area contributed by atoms with Crippen LogP contribution >= 0.6 is 0 Å². The van der Waals surface area contributed by atoms with Gasteiger partial charge in [0.1, 0.15) is 0 Å². The Morgan fingerprint density at radius 3 is 0.625 bits per heavy atom. The molecular weight excluding hydrogens is 480 g/mol. The van der Waals surface area contributed by atoms with Crippen molar-refractivity contribution in [1.29, 1.82) is 0 Å². The van der Waals surface area contributed by atoms with Crippen LogP contribution in [0.3, 0.4) is 0 Å². The van der Waals surface area contributed by atoms with E-state index in [4.69, 9.17) is 0 Å². The van der Waals surface area contributed by atoms with E-state index in [0.717, 1.165) is 5.92 Å².